The standard InChI is InChI=1S/C25H30N2O3S3/c1-5-29-24(28)9-7-6-8-20-14-18(17-26-27-20)10-11-19-15-21-22(16-23(19)31-2)30-13-12-25(21,32-3)33-4/h14-17H,5-9,12-13H2,1-4H3. The van der Waals surface area contributed by atoms with Crippen molar-refractivity contribution in [3.63, 3.8) is 0 Å². The van der Waals surface area contributed by atoms with E-state index >= 15 is 0 Å². The molecule has 0 N–H and O–H groups in total. The third kappa shape index (κ3) is 6.62. The first kappa shape index (κ1) is 25.8. The van der Waals surface area contributed by atoms with Crippen LogP contribution in [0.1, 0.15) is 55.0 Å². The van der Waals surface area contributed by atoms with Gasteiger partial charge in [-0.2, -0.15) is 10.2 Å². The minimum absolute atomic E-state index is 0.00407. The lowest BCUT2D eigenvalue weighted by molar-refractivity contribution is -0.143. The Balaban J connectivity index is 1.77. The smallest absolute Gasteiger partial charge is 0.305 e. The predicted molar refractivity (Wildman–Crippen MR) is 139 cm³/mol. The summed E-state index contributed by atoms with van der Waals surface area (Å²) in [5.74, 6) is 7.47. The maximum atomic E-state index is 11.5. The lowest BCUT2D eigenvalue weighted by atomic mass is 10.0. The van der Waals surface area contributed by atoms with Gasteiger partial charge in [-0.1, -0.05) is 11.8 Å². The Morgan fingerprint density at radius 1 is 1.18 bits per heavy atom. The van der Waals surface area contributed by atoms with E-state index in [0.717, 1.165) is 59.8 Å². The highest BCUT2D eigenvalue weighted by Crippen LogP contribution is 2.53. The second-order valence-corrected chi connectivity index (χ2v) is 10.8. The number of hydrogen-bond donors (Lipinski definition) is 0. The van der Waals surface area contributed by atoms with Gasteiger partial charge in [0.15, 0.2) is 0 Å². The molecule has 0 saturated heterocycles. The molecule has 0 unspecified atom stereocenters. The average Bonchev–Trinajstić information content (AvgIpc) is 2.85. The van der Waals surface area contributed by atoms with Gasteiger partial charge < -0.3 is 9.47 Å². The summed E-state index contributed by atoms with van der Waals surface area (Å²) in [5, 5.41) is 8.35. The summed E-state index contributed by atoms with van der Waals surface area (Å²) in [6.07, 6.45) is 11.9. The molecular weight excluding hydrogens is 472 g/mol. The van der Waals surface area contributed by atoms with Gasteiger partial charge in [-0.3, -0.25) is 4.79 Å². The molecule has 33 heavy (non-hydrogen) atoms. The Bertz CT molecular complexity index is 1030. The van der Waals surface area contributed by atoms with Crippen molar-refractivity contribution in [1.82, 2.24) is 10.2 Å². The highest BCUT2D eigenvalue weighted by molar-refractivity contribution is 8.16. The van der Waals surface area contributed by atoms with Gasteiger partial charge in [0.05, 0.1) is 29.2 Å². The molecule has 8 heteroatoms. The molecule has 0 spiro atoms. The second kappa shape index (κ2) is 12.6. The first-order chi connectivity index (χ1) is 16.0. The monoisotopic (exact) mass is 502 g/mol. The molecular formula is C25H30N2O3S3. The van der Waals surface area contributed by atoms with Crippen LogP contribution in [-0.4, -0.2) is 48.1 Å². The van der Waals surface area contributed by atoms with Crippen LogP contribution in [0.15, 0.2) is 29.3 Å². The molecule has 0 amide bonds. The van der Waals surface area contributed by atoms with Gasteiger partial charge in [0.1, 0.15) is 5.75 Å². The van der Waals surface area contributed by atoms with Crippen molar-refractivity contribution in [1.29, 1.82) is 0 Å². The van der Waals surface area contributed by atoms with Crippen molar-refractivity contribution in [2.24, 2.45) is 0 Å². The molecule has 1 aromatic carbocycles. The number of fused-ring (bicyclic) bond motifs is 1. The molecule has 3 rings (SSSR count). The minimum Gasteiger partial charge on any atom is -0.493 e. The molecule has 2 aromatic rings. The highest BCUT2D eigenvalue weighted by atomic mass is 32.2. The highest BCUT2D eigenvalue weighted by Gasteiger charge is 2.37. The molecule has 5 nitrogen and oxygen atoms in total. The number of benzene rings is 1. The third-order valence-corrected chi connectivity index (χ3v) is 9.42. The summed E-state index contributed by atoms with van der Waals surface area (Å²) in [5.41, 5.74) is 3.95. The fourth-order valence-corrected chi connectivity index (χ4v) is 6.29. The van der Waals surface area contributed by atoms with Crippen LogP contribution in [0, 0.1) is 11.8 Å². The number of aryl methyl sites for hydroxylation is 1. The summed E-state index contributed by atoms with van der Waals surface area (Å²) in [4.78, 5) is 12.6. The van der Waals surface area contributed by atoms with Gasteiger partial charge in [0.2, 0.25) is 0 Å². The van der Waals surface area contributed by atoms with Crippen LogP contribution in [0.4, 0.5) is 0 Å². The van der Waals surface area contributed by atoms with Crippen molar-refractivity contribution in [2.75, 3.05) is 32.0 Å². The molecule has 0 aliphatic carbocycles. The number of esters is 1. The van der Waals surface area contributed by atoms with E-state index in [1.807, 2.05) is 36.5 Å². The number of nitrogens with zero attached hydrogens (tertiary/aromatic N) is 2. The summed E-state index contributed by atoms with van der Waals surface area (Å²) in [6.45, 7) is 2.98. The van der Waals surface area contributed by atoms with Crippen LogP contribution in [-0.2, 0) is 20.0 Å². The van der Waals surface area contributed by atoms with E-state index in [9.17, 15) is 4.79 Å². The van der Waals surface area contributed by atoms with Crippen LogP contribution in [0.25, 0.3) is 0 Å². The molecule has 2 heterocycles. The zero-order chi connectivity index (χ0) is 23.7. The quantitative estimate of drug-likeness (QED) is 0.146. The maximum Gasteiger partial charge on any atom is 0.305 e. The lowest BCUT2D eigenvalue weighted by Crippen LogP contribution is -2.26. The normalized spacial score (nSPS) is 13.9. The number of unbranched alkanes of at least 4 members (excludes halogenated alkanes) is 1. The zero-order valence-electron chi connectivity index (χ0n) is 19.6. The number of carbonyl (C=O) groups excluding carboxylic acids is 1. The Morgan fingerprint density at radius 3 is 2.73 bits per heavy atom. The van der Waals surface area contributed by atoms with E-state index in [4.69, 9.17) is 9.47 Å². The maximum absolute atomic E-state index is 11.5. The van der Waals surface area contributed by atoms with Crippen molar-refractivity contribution in [2.45, 2.75) is 48.0 Å². The summed E-state index contributed by atoms with van der Waals surface area (Å²) >= 11 is 5.42. The van der Waals surface area contributed by atoms with E-state index in [1.165, 1.54) is 5.56 Å². The van der Waals surface area contributed by atoms with E-state index in [-0.39, 0.29) is 10.0 Å². The van der Waals surface area contributed by atoms with E-state index in [2.05, 4.69) is 52.9 Å². The van der Waals surface area contributed by atoms with E-state index in [0.29, 0.717) is 13.0 Å². The Morgan fingerprint density at radius 2 is 2.00 bits per heavy atom. The van der Waals surface area contributed by atoms with Gasteiger partial charge in [0, 0.05) is 34.4 Å². The Hall–Kier alpha value is -1.82. The summed E-state index contributed by atoms with van der Waals surface area (Å²) in [6, 6.07) is 6.31. The second-order valence-electron chi connectivity index (χ2n) is 7.51. The third-order valence-electron chi connectivity index (χ3n) is 5.48. The predicted octanol–water partition coefficient (Wildman–Crippen LogP) is 5.54. The van der Waals surface area contributed by atoms with Crippen molar-refractivity contribution in [3.05, 3.63) is 46.8 Å². The molecule has 0 radical (unpaired) electrons. The minimum atomic E-state index is -0.143. The van der Waals surface area contributed by atoms with Crippen molar-refractivity contribution >= 4 is 41.3 Å². The van der Waals surface area contributed by atoms with Gasteiger partial charge in [-0.25, -0.2) is 0 Å². The fraction of sp³-hybridized carbons (Fsp3) is 0.480. The summed E-state index contributed by atoms with van der Waals surface area (Å²) < 4.78 is 11.0. The van der Waals surface area contributed by atoms with Crippen LogP contribution in [0.5, 0.6) is 5.75 Å². The average molecular weight is 503 g/mol. The Labute approximate surface area is 209 Å². The number of thioether (sulfide) groups is 3. The first-order valence-corrected chi connectivity index (χ1v) is 14.7. The summed E-state index contributed by atoms with van der Waals surface area (Å²) in [7, 11) is 0. The van der Waals surface area contributed by atoms with Crippen molar-refractivity contribution in [3.8, 4) is 17.6 Å². The van der Waals surface area contributed by atoms with Crippen LogP contribution < -0.4 is 4.74 Å². The lowest BCUT2D eigenvalue weighted by Gasteiger charge is -2.36. The van der Waals surface area contributed by atoms with Crippen molar-refractivity contribution < 1.29 is 14.3 Å². The molecule has 0 fully saturated rings. The van der Waals surface area contributed by atoms with E-state index in [1.54, 1.807) is 18.0 Å². The molecule has 1 aliphatic rings. The van der Waals surface area contributed by atoms with Gasteiger partial charge >= 0.3 is 5.97 Å². The van der Waals surface area contributed by atoms with Crippen LogP contribution >= 0.6 is 35.3 Å². The largest absolute Gasteiger partial charge is 0.493 e. The number of carbonyl (C=O) groups is 1. The topological polar surface area (TPSA) is 61.3 Å². The van der Waals surface area contributed by atoms with E-state index < -0.39 is 0 Å². The molecule has 0 bridgehead atoms. The molecule has 0 saturated carbocycles. The Kier molecular flexibility index (Phi) is 9.84. The molecule has 0 atom stereocenters. The van der Waals surface area contributed by atoms with Gasteiger partial charge in [-0.05, 0) is 63.2 Å². The van der Waals surface area contributed by atoms with Crippen LogP contribution in [0.2, 0.25) is 0 Å². The SMILES string of the molecule is CCOC(=O)CCCCc1cc(C#Cc2cc3c(cc2SC)OCCC3(SC)SC)cnn1. The molecule has 176 valence electrons. The van der Waals surface area contributed by atoms with Gasteiger partial charge in [0.25, 0.3) is 0 Å². The number of aromatic nitrogens is 2. The first-order valence-electron chi connectivity index (χ1n) is 11.0. The number of ether oxygens (including phenoxy) is 2. The van der Waals surface area contributed by atoms with Crippen LogP contribution in [0.3, 0.4) is 0 Å². The number of rotatable bonds is 9. The van der Waals surface area contributed by atoms with Gasteiger partial charge in [-0.15, -0.1) is 35.3 Å². The fourth-order valence-electron chi connectivity index (χ4n) is 3.73. The number of hydrogen-bond acceptors (Lipinski definition) is 8. The molecule has 1 aliphatic heterocycles. The molecule has 1 aromatic heterocycles. The zero-order valence-corrected chi connectivity index (χ0v) is 22.1.